The fourth-order valence-corrected chi connectivity index (χ4v) is 1.92. The van der Waals surface area contributed by atoms with Crippen molar-refractivity contribution in [2.24, 2.45) is 5.92 Å². The van der Waals surface area contributed by atoms with E-state index in [9.17, 15) is 4.79 Å². The van der Waals surface area contributed by atoms with Crippen LogP contribution in [0.15, 0.2) is 24.3 Å². The molecule has 0 saturated carbocycles. The molecule has 1 unspecified atom stereocenters. The Hall–Kier alpha value is -1.55. The van der Waals surface area contributed by atoms with E-state index in [1.54, 1.807) is 7.11 Å². The summed E-state index contributed by atoms with van der Waals surface area (Å²) in [5, 5.41) is 2.84. The van der Waals surface area contributed by atoms with Crippen molar-refractivity contribution in [1.29, 1.82) is 0 Å². The molecule has 0 fully saturated rings. The summed E-state index contributed by atoms with van der Waals surface area (Å²) < 4.78 is 10.5. The molecule has 1 aliphatic rings. The molecule has 1 heterocycles. The van der Waals surface area contributed by atoms with Gasteiger partial charge in [-0.15, -0.1) is 0 Å². The predicted molar refractivity (Wildman–Crippen MR) is 64.0 cm³/mol. The maximum Gasteiger partial charge on any atom is 0.226 e. The third-order valence-electron chi connectivity index (χ3n) is 2.86. The molecule has 0 saturated heterocycles. The lowest BCUT2D eigenvalue weighted by atomic mass is 9.96. The lowest BCUT2D eigenvalue weighted by Crippen LogP contribution is -2.38. The van der Waals surface area contributed by atoms with Gasteiger partial charge in [0, 0.05) is 13.7 Å². The topological polar surface area (TPSA) is 47.6 Å². The van der Waals surface area contributed by atoms with Crippen LogP contribution in [-0.2, 0) is 16.0 Å². The highest BCUT2D eigenvalue weighted by Crippen LogP contribution is 2.26. The molecule has 1 aromatic carbocycles. The molecule has 92 valence electrons. The number of ether oxygens (including phenoxy) is 2. The second-order valence-electron chi connectivity index (χ2n) is 4.10. The molecule has 1 aliphatic heterocycles. The van der Waals surface area contributed by atoms with Gasteiger partial charge in [-0.3, -0.25) is 4.79 Å². The number of carbonyl (C=O) groups excluding carboxylic acids is 1. The lowest BCUT2D eigenvalue weighted by Gasteiger charge is -2.24. The van der Waals surface area contributed by atoms with Crippen molar-refractivity contribution in [1.82, 2.24) is 5.32 Å². The van der Waals surface area contributed by atoms with Gasteiger partial charge in [0.25, 0.3) is 0 Å². The van der Waals surface area contributed by atoms with Crippen LogP contribution < -0.4 is 10.1 Å². The van der Waals surface area contributed by atoms with Crippen LogP contribution in [-0.4, -0.2) is 32.8 Å². The molecule has 1 aromatic rings. The summed E-state index contributed by atoms with van der Waals surface area (Å²) in [7, 11) is 1.62. The number of nitrogens with one attached hydrogen (secondary N) is 1. The fourth-order valence-electron chi connectivity index (χ4n) is 1.92. The Bertz CT molecular complexity index is 392. The van der Waals surface area contributed by atoms with Crippen LogP contribution in [0.4, 0.5) is 0 Å². The predicted octanol–water partition coefficient (Wildman–Crippen LogP) is 1.00. The molecule has 0 bridgehead atoms. The van der Waals surface area contributed by atoms with Crippen LogP contribution in [0.2, 0.25) is 0 Å². The van der Waals surface area contributed by atoms with Crippen LogP contribution in [0.25, 0.3) is 0 Å². The van der Waals surface area contributed by atoms with Gasteiger partial charge in [0.2, 0.25) is 5.91 Å². The lowest BCUT2D eigenvalue weighted by molar-refractivity contribution is -0.126. The molecule has 0 spiro atoms. The van der Waals surface area contributed by atoms with E-state index in [4.69, 9.17) is 9.47 Å². The largest absolute Gasteiger partial charge is 0.492 e. The van der Waals surface area contributed by atoms with Gasteiger partial charge in [0.05, 0.1) is 12.5 Å². The molecule has 4 heteroatoms. The number of carbonyl (C=O) groups is 1. The monoisotopic (exact) mass is 235 g/mol. The third-order valence-corrected chi connectivity index (χ3v) is 2.86. The van der Waals surface area contributed by atoms with Gasteiger partial charge in [-0.1, -0.05) is 18.2 Å². The number of benzene rings is 1. The van der Waals surface area contributed by atoms with Crippen LogP contribution >= 0.6 is 0 Å². The van der Waals surface area contributed by atoms with E-state index in [0.717, 1.165) is 17.7 Å². The zero-order valence-corrected chi connectivity index (χ0v) is 9.94. The third kappa shape index (κ3) is 2.97. The second-order valence-corrected chi connectivity index (χ2v) is 4.10. The number of fused-ring (bicyclic) bond motifs is 1. The van der Waals surface area contributed by atoms with Crippen molar-refractivity contribution >= 4 is 5.91 Å². The van der Waals surface area contributed by atoms with Gasteiger partial charge < -0.3 is 14.8 Å². The van der Waals surface area contributed by atoms with Gasteiger partial charge in [-0.2, -0.15) is 0 Å². The normalized spacial score (nSPS) is 18.1. The molecule has 0 aliphatic carbocycles. The summed E-state index contributed by atoms with van der Waals surface area (Å²) in [5.74, 6) is 0.840. The first-order chi connectivity index (χ1) is 8.31. The van der Waals surface area contributed by atoms with E-state index in [0.29, 0.717) is 19.8 Å². The van der Waals surface area contributed by atoms with E-state index in [-0.39, 0.29) is 11.8 Å². The van der Waals surface area contributed by atoms with Crippen LogP contribution in [0.1, 0.15) is 5.56 Å². The zero-order chi connectivity index (χ0) is 12.1. The van der Waals surface area contributed by atoms with Crippen LogP contribution in [0.5, 0.6) is 5.75 Å². The number of methoxy groups -OCH3 is 1. The average Bonchev–Trinajstić information content (AvgIpc) is 2.38. The molecule has 17 heavy (non-hydrogen) atoms. The first-order valence-corrected chi connectivity index (χ1v) is 5.78. The van der Waals surface area contributed by atoms with E-state index in [2.05, 4.69) is 5.32 Å². The Kier molecular flexibility index (Phi) is 3.98. The van der Waals surface area contributed by atoms with Gasteiger partial charge >= 0.3 is 0 Å². The maximum atomic E-state index is 11.8. The molecule has 2 rings (SSSR count). The van der Waals surface area contributed by atoms with E-state index < -0.39 is 0 Å². The van der Waals surface area contributed by atoms with Gasteiger partial charge in [0.15, 0.2) is 0 Å². The Labute approximate surface area is 101 Å². The molecule has 1 atom stereocenters. The van der Waals surface area contributed by atoms with E-state index >= 15 is 0 Å². The highest BCUT2D eigenvalue weighted by atomic mass is 16.5. The van der Waals surface area contributed by atoms with Crippen molar-refractivity contribution in [2.45, 2.75) is 6.42 Å². The summed E-state index contributed by atoms with van der Waals surface area (Å²) in [6, 6.07) is 7.85. The summed E-state index contributed by atoms with van der Waals surface area (Å²) in [6.07, 6.45) is 0.745. The van der Waals surface area contributed by atoms with Crippen molar-refractivity contribution in [2.75, 3.05) is 26.9 Å². The molecule has 0 radical (unpaired) electrons. The van der Waals surface area contributed by atoms with E-state index in [1.807, 2.05) is 24.3 Å². The minimum absolute atomic E-state index is 0.0385. The van der Waals surface area contributed by atoms with E-state index in [1.165, 1.54) is 0 Å². The molecular formula is C13H17NO3. The Morgan fingerprint density at radius 2 is 2.35 bits per heavy atom. The second kappa shape index (κ2) is 5.68. The zero-order valence-electron chi connectivity index (χ0n) is 9.94. The SMILES string of the molecule is COCCNC(=O)C1COc2ccccc2C1. The number of hydrogen-bond donors (Lipinski definition) is 1. The first-order valence-electron chi connectivity index (χ1n) is 5.78. The van der Waals surface area contributed by atoms with Crippen LogP contribution in [0.3, 0.4) is 0 Å². The first kappa shape index (κ1) is 11.9. The van der Waals surface area contributed by atoms with Crippen molar-refractivity contribution < 1.29 is 14.3 Å². The van der Waals surface area contributed by atoms with Gasteiger partial charge in [-0.25, -0.2) is 0 Å². The van der Waals surface area contributed by atoms with Gasteiger partial charge in [-0.05, 0) is 18.1 Å². The fraction of sp³-hybridized carbons (Fsp3) is 0.462. The number of hydrogen-bond acceptors (Lipinski definition) is 3. The summed E-state index contributed by atoms with van der Waals surface area (Å²) >= 11 is 0. The molecule has 1 N–H and O–H groups in total. The minimum atomic E-state index is -0.0956. The minimum Gasteiger partial charge on any atom is -0.492 e. The quantitative estimate of drug-likeness (QED) is 0.792. The van der Waals surface area contributed by atoms with Crippen molar-refractivity contribution in [3.05, 3.63) is 29.8 Å². The molecule has 4 nitrogen and oxygen atoms in total. The molecule has 1 amide bonds. The highest BCUT2D eigenvalue weighted by molar-refractivity contribution is 5.79. The van der Waals surface area contributed by atoms with Crippen molar-refractivity contribution in [3.63, 3.8) is 0 Å². The Morgan fingerprint density at radius 3 is 3.18 bits per heavy atom. The standard InChI is InChI=1S/C13H17NO3/c1-16-7-6-14-13(15)11-8-10-4-2-3-5-12(10)17-9-11/h2-5,11H,6-9H2,1H3,(H,14,15). The average molecular weight is 235 g/mol. The maximum absolute atomic E-state index is 11.8. The number of amides is 1. The Morgan fingerprint density at radius 1 is 1.53 bits per heavy atom. The highest BCUT2D eigenvalue weighted by Gasteiger charge is 2.25. The van der Waals surface area contributed by atoms with Crippen LogP contribution in [0, 0.1) is 5.92 Å². The summed E-state index contributed by atoms with van der Waals surface area (Å²) in [5.41, 5.74) is 1.10. The summed E-state index contributed by atoms with van der Waals surface area (Å²) in [4.78, 5) is 11.8. The smallest absolute Gasteiger partial charge is 0.226 e. The Balaban J connectivity index is 1.91. The summed E-state index contributed by atoms with van der Waals surface area (Å²) in [6.45, 7) is 1.54. The molecule has 0 aromatic heterocycles. The number of rotatable bonds is 4. The van der Waals surface area contributed by atoms with Crippen molar-refractivity contribution in [3.8, 4) is 5.75 Å². The molecular weight excluding hydrogens is 218 g/mol. The number of para-hydroxylation sites is 1. The van der Waals surface area contributed by atoms with Gasteiger partial charge in [0.1, 0.15) is 12.4 Å².